The lowest BCUT2D eigenvalue weighted by Gasteiger charge is -2.02. The van der Waals surface area contributed by atoms with Crippen molar-refractivity contribution >= 4 is 29.1 Å². The molecule has 1 aromatic carbocycles. The van der Waals surface area contributed by atoms with Crippen LogP contribution in [0, 0.1) is 0 Å². The predicted octanol–water partition coefficient (Wildman–Crippen LogP) is 3.00. The fraction of sp³-hybridized carbons (Fsp3) is 0.167. The minimum absolute atomic E-state index is 0.199. The Morgan fingerprint density at radius 2 is 2.06 bits per heavy atom. The number of hydrogen-bond acceptors (Lipinski definition) is 3. The van der Waals surface area contributed by atoms with Crippen molar-refractivity contribution in [3.63, 3.8) is 0 Å². The van der Waals surface area contributed by atoms with E-state index in [1.807, 2.05) is 0 Å². The average Bonchev–Trinajstić information content (AvgIpc) is 2.85. The van der Waals surface area contributed by atoms with Gasteiger partial charge in [0.15, 0.2) is 5.76 Å². The number of benzene rings is 1. The van der Waals surface area contributed by atoms with Gasteiger partial charge in [-0.15, -0.1) is 11.6 Å². The summed E-state index contributed by atoms with van der Waals surface area (Å²) in [6.45, 7) is 0.269. The smallest absolute Gasteiger partial charge is 0.251 e. The minimum atomic E-state index is -0.199. The molecule has 0 saturated carbocycles. The molecule has 0 aliphatic carbocycles. The molecule has 4 nitrogen and oxygen atoms in total. The van der Waals surface area contributed by atoms with Crippen LogP contribution in [0.25, 0.3) is 0 Å². The Kier molecular flexibility index (Phi) is 4.23. The Bertz CT molecular complexity index is 537. The number of nitrogens with one attached hydrogen (secondary N) is 1. The maximum absolute atomic E-state index is 11.8. The summed E-state index contributed by atoms with van der Waals surface area (Å²) in [7, 11) is 0. The quantitative estimate of drug-likeness (QED) is 0.878. The van der Waals surface area contributed by atoms with Crippen LogP contribution in [0.5, 0.6) is 0 Å². The average molecular weight is 285 g/mol. The second-order valence-corrected chi connectivity index (χ2v) is 4.31. The standard InChI is InChI=1S/C12H10Cl2N2O2/c13-6-10-5-11(18-16-10)7-15-12(17)8-1-3-9(14)4-2-8/h1-5H,6-7H2,(H,15,17). The minimum Gasteiger partial charge on any atom is -0.359 e. The molecule has 18 heavy (non-hydrogen) atoms. The van der Waals surface area contributed by atoms with Crippen LogP contribution in [0.2, 0.25) is 5.02 Å². The number of amides is 1. The number of rotatable bonds is 4. The second-order valence-electron chi connectivity index (χ2n) is 3.61. The van der Waals surface area contributed by atoms with Gasteiger partial charge in [0.25, 0.3) is 5.91 Å². The van der Waals surface area contributed by atoms with Gasteiger partial charge in [-0.3, -0.25) is 4.79 Å². The summed E-state index contributed by atoms with van der Waals surface area (Å²) in [5.74, 6) is 0.651. The van der Waals surface area contributed by atoms with E-state index in [4.69, 9.17) is 27.7 Å². The van der Waals surface area contributed by atoms with Crippen molar-refractivity contribution in [2.75, 3.05) is 0 Å². The Morgan fingerprint density at radius 3 is 2.67 bits per heavy atom. The van der Waals surface area contributed by atoms with Crippen molar-refractivity contribution in [2.45, 2.75) is 12.4 Å². The highest BCUT2D eigenvalue weighted by molar-refractivity contribution is 6.30. The molecule has 0 unspecified atom stereocenters. The monoisotopic (exact) mass is 284 g/mol. The number of nitrogens with zero attached hydrogens (tertiary/aromatic N) is 1. The first-order chi connectivity index (χ1) is 8.69. The van der Waals surface area contributed by atoms with Crippen LogP contribution in [0.4, 0.5) is 0 Å². The molecule has 0 aliphatic rings. The zero-order valence-electron chi connectivity index (χ0n) is 9.32. The summed E-state index contributed by atoms with van der Waals surface area (Å²) >= 11 is 11.3. The summed E-state index contributed by atoms with van der Waals surface area (Å²) < 4.78 is 4.99. The molecule has 0 saturated heterocycles. The van der Waals surface area contributed by atoms with Crippen LogP contribution >= 0.6 is 23.2 Å². The lowest BCUT2D eigenvalue weighted by Crippen LogP contribution is -2.22. The summed E-state index contributed by atoms with van der Waals surface area (Å²) in [6, 6.07) is 8.34. The Hall–Kier alpha value is -1.52. The summed E-state index contributed by atoms with van der Waals surface area (Å²) in [6.07, 6.45) is 0. The number of aromatic nitrogens is 1. The van der Waals surface area contributed by atoms with Gasteiger partial charge >= 0.3 is 0 Å². The van der Waals surface area contributed by atoms with Crippen molar-refractivity contribution < 1.29 is 9.32 Å². The molecule has 2 aromatic rings. The maximum Gasteiger partial charge on any atom is 0.251 e. The third-order valence-electron chi connectivity index (χ3n) is 2.27. The van der Waals surface area contributed by atoms with Crippen LogP contribution in [0.1, 0.15) is 21.8 Å². The van der Waals surface area contributed by atoms with Gasteiger partial charge in [0.2, 0.25) is 0 Å². The molecule has 0 atom stereocenters. The van der Waals surface area contributed by atoms with Crippen molar-refractivity contribution in [3.8, 4) is 0 Å². The van der Waals surface area contributed by atoms with E-state index in [1.165, 1.54) is 0 Å². The molecule has 0 fully saturated rings. The Balaban J connectivity index is 1.93. The van der Waals surface area contributed by atoms with Crippen molar-refractivity contribution in [1.29, 1.82) is 0 Å². The number of halogens is 2. The largest absolute Gasteiger partial charge is 0.359 e. The molecule has 1 N–H and O–H groups in total. The molecule has 0 radical (unpaired) electrons. The van der Waals surface area contributed by atoms with Gasteiger partial charge in [-0.2, -0.15) is 0 Å². The van der Waals surface area contributed by atoms with Crippen LogP contribution in [0.15, 0.2) is 34.9 Å². The number of alkyl halides is 1. The molecule has 6 heteroatoms. The molecule has 1 amide bonds. The third kappa shape index (κ3) is 3.24. The van der Waals surface area contributed by atoms with E-state index in [2.05, 4.69) is 10.5 Å². The molecule has 2 rings (SSSR count). The number of carbonyl (C=O) groups is 1. The summed E-state index contributed by atoms with van der Waals surface area (Å²) in [5.41, 5.74) is 1.18. The van der Waals surface area contributed by atoms with E-state index in [1.54, 1.807) is 30.3 Å². The molecule has 0 bridgehead atoms. The fourth-order valence-electron chi connectivity index (χ4n) is 1.37. The molecule has 0 aliphatic heterocycles. The van der Waals surface area contributed by atoms with Gasteiger partial charge < -0.3 is 9.84 Å². The molecular formula is C12H10Cl2N2O2. The van der Waals surface area contributed by atoms with Gasteiger partial charge in [0, 0.05) is 16.7 Å². The van der Waals surface area contributed by atoms with E-state index in [-0.39, 0.29) is 18.3 Å². The van der Waals surface area contributed by atoms with E-state index in [0.717, 1.165) is 0 Å². The van der Waals surface area contributed by atoms with Gasteiger partial charge in [-0.25, -0.2) is 0 Å². The topological polar surface area (TPSA) is 55.1 Å². The maximum atomic E-state index is 11.8. The van der Waals surface area contributed by atoms with Crippen LogP contribution in [-0.2, 0) is 12.4 Å². The van der Waals surface area contributed by atoms with Crippen LogP contribution < -0.4 is 5.32 Å². The lowest BCUT2D eigenvalue weighted by atomic mass is 10.2. The van der Waals surface area contributed by atoms with E-state index >= 15 is 0 Å². The normalized spacial score (nSPS) is 10.3. The molecule has 1 heterocycles. The number of carbonyl (C=O) groups excluding carboxylic acids is 1. The van der Waals surface area contributed by atoms with Crippen molar-refractivity contribution in [1.82, 2.24) is 10.5 Å². The predicted molar refractivity (Wildman–Crippen MR) is 68.7 cm³/mol. The third-order valence-corrected chi connectivity index (χ3v) is 2.80. The number of hydrogen-bond donors (Lipinski definition) is 1. The van der Waals surface area contributed by atoms with Crippen molar-refractivity contribution in [3.05, 3.63) is 52.4 Å². The summed E-state index contributed by atoms with van der Waals surface area (Å²) in [4.78, 5) is 11.8. The molecule has 1 aromatic heterocycles. The highest BCUT2D eigenvalue weighted by Gasteiger charge is 2.07. The van der Waals surface area contributed by atoms with E-state index in [0.29, 0.717) is 22.0 Å². The molecule has 0 spiro atoms. The first-order valence-electron chi connectivity index (χ1n) is 5.23. The fourth-order valence-corrected chi connectivity index (χ4v) is 1.62. The van der Waals surface area contributed by atoms with Gasteiger partial charge in [-0.1, -0.05) is 16.8 Å². The zero-order chi connectivity index (χ0) is 13.0. The summed E-state index contributed by atoms with van der Waals surface area (Å²) in [5, 5.41) is 7.03. The lowest BCUT2D eigenvalue weighted by molar-refractivity contribution is 0.0947. The van der Waals surface area contributed by atoms with Gasteiger partial charge in [0.05, 0.1) is 18.1 Å². The molecule has 94 valence electrons. The van der Waals surface area contributed by atoms with E-state index < -0.39 is 0 Å². The van der Waals surface area contributed by atoms with Gasteiger partial charge in [-0.05, 0) is 24.3 Å². The van der Waals surface area contributed by atoms with Crippen LogP contribution in [0.3, 0.4) is 0 Å². The Morgan fingerprint density at radius 1 is 1.33 bits per heavy atom. The first-order valence-corrected chi connectivity index (χ1v) is 6.14. The molecular weight excluding hydrogens is 275 g/mol. The highest BCUT2D eigenvalue weighted by Crippen LogP contribution is 2.10. The highest BCUT2D eigenvalue weighted by atomic mass is 35.5. The van der Waals surface area contributed by atoms with Gasteiger partial charge in [0.1, 0.15) is 0 Å². The van der Waals surface area contributed by atoms with Crippen molar-refractivity contribution in [2.24, 2.45) is 0 Å². The zero-order valence-corrected chi connectivity index (χ0v) is 10.8. The Labute approximate surface area is 114 Å². The second kappa shape index (κ2) is 5.89. The van der Waals surface area contributed by atoms with E-state index in [9.17, 15) is 4.79 Å². The SMILES string of the molecule is O=C(NCc1cc(CCl)no1)c1ccc(Cl)cc1. The van der Waals surface area contributed by atoms with Crippen LogP contribution in [-0.4, -0.2) is 11.1 Å². The first kappa shape index (κ1) is 12.9.